The van der Waals surface area contributed by atoms with Gasteiger partial charge in [-0.2, -0.15) is 18.3 Å². The molecule has 0 aromatic carbocycles. The Balaban J connectivity index is 1.35. The first-order valence-corrected chi connectivity index (χ1v) is 11.5. The maximum atomic E-state index is 13.0. The number of halogens is 3. The number of alkyl halides is 3. The quantitative estimate of drug-likeness (QED) is 0.494. The van der Waals surface area contributed by atoms with E-state index in [0.29, 0.717) is 17.4 Å². The number of hydrogen-bond donors (Lipinski definition) is 0. The summed E-state index contributed by atoms with van der Waals surface area (Å²) in [6.45, 7) is 2.65. The smallest absolute Gasteiger partial charge is 0.395 e. The predicted molar refractivity (Wildman–Crippen MR) is 125 cm³/mol. The lowest BCUT2D eigenvalue weighted by Crippen LogP contribution is -2.23. The first kappa shape index (κ1) is 23.1. The number of methoxy groups -OCH3 is 1. The summed E-state index contributed by atoms with van der Waals surface area (Å²) in [6, 6.07) is 3.78. The molecule has 35 heavy (non-hydrogen) atoms. The molecule has 1 aliphatic carbocycles. The lowest BCUT2D eigenvalue weighted by molar-refractivity contribution is -0.160. The molecule has 1 unspecified atom stereocenters. The molecule has 2 aliphatic rings. The fourth-order valence-corrected chi connectivity index (χ4v) is 4.49. The van der Waals surface area contributed by atoms with Gasteiger partial charge in [0, 0.05) is 18.7 Å². The molecule has 182 valence electrons. The first-order valence-electron chi connectivity index (χ1n) is 11.5. The van der Waals surface area contributed by atoms with Crippen molar-refractivity contribution in [3.8, 4) is 11.6 Å². The summed E-state index contributed by atoms with van der Waals surface area (Å²) in [5.74, 6) is 0.318. The largest absolute Gasteiger partial charge is 0.479 e. The van der Waals surface area contributed by atoms with Crippen molar-refractivity contribution in [2.45, 2.75) is 44.8 Å². The highest BCUT2D eigenvalue weighted by Crippen LogP contribution is 2.39. The highest BCUT2D eigenvalue weighted by Gasteiger charge is 2.38. The van der Waals surface area contributed by atoms with E-state index in [0.717, 1.165) is 42.2 Å². The molecule has 5 rings (SSSR count). The second kappa shape index (κ2) is 9.16. The Morgan fingerprint density at radius 1 is 1.17 bits per heavy atom. The molecule has 10 heteroatoms. The monoisotopic (exact) mass is 482 g/mol. The van der Waals surface area contributed by atoms with E-state index in [2.05, 4.69) is 15.1 Å². The lowest BCUT2D eigenvalue weighted by atomic mass is 9.85. The fraction of sp³-hybridized carbons (Fsp3) is 0.360. The van der Waals surface area contributed by atoms with Crippen LogP contribution in [0.4, 0.5) is 13.2 Å². The summed E-state index contributed by atoms with van der Waals surface area (Å²) in [5, 5.41) is 4.59. The summed E-state index contributed by atoms with van der Waals surface area (Å²) in [4.78, 5) is 13.5. The van der Waals surface area contributed by atoms with Crippen molar-refractivity contribution in [1.82, 2.24) is 29.3 Å². The van der Waals surface area contributed by atoms with Crippen LogP contribution in [0, 0.1) is 12.8 Å². The molecule has 7 nitrogen and oxygen atoms in total. The van der Waals surface area contributed by atoms with Gasteiger partial charge in [0.1, 0.15) is 11.5 Å². The average Bonchev–Trinajstić information content (AvgIpc) is 3.47. The van der Waals surface area contributed by atoms with Gasteiger partial charge < -0.3 is 9.30 Å². The number of allylic oxidation sites excluding steroid dienone is 4. The zero-order valence-electron chi connectivity index (χ0n) is 19.4. The molecule has 2 atom stereocenters. The molecule has 3 aromatic heterocycles. The van der Waals surface area contributed by atoms with Gasteiger partial charge in [0.2, 0.25) is 5.88 Å². The van der Waals surface area contributed by atoms with Crippen molar-refractivity contribution in [3.05, 3.63) is 71.5 Å². The van der Waals surface area contributed by atoms with Crippen LogP contribution in [0.15, 0.2) is 48.5 Å². The number of aryl methyl sites for hydroxylation is 2. The van der Waals surface area contributed by atoms with Gasteiger partial charge in [-0.3, -0.25) is 0 Å². The van der Waals surface area contributed by atoms with Crippen LogP contribution in [0.2, 0.25) is 0 Å². The van der Waals surface area contributed by atoms with Crippen molar-refractivity contribution in [2.24, 2.45) is 5.92 Å². The molecule has 3 aromatic rings. The first-order chi connectivity index (χ1) is 16.8. The second-order valence-corrected chi connectivity index (χ2v) is 8.71. The average molecular weight is 483 g/mol. The number of nitrogens with zero attached hydrogens (tertiary/aromatic N) is 6. The number of aromatic nitrogens is 6. The van der Waals surface area contributed by atoms with Gasteiger partial charge in [-0.25, -0.2) is 19.6 Å². The Kier molecular flexibility index (Phi) is 6.04. The third kappa shape index (κ3) is 4.78. The van der Waals surface area contributed by atoms with Crippen LogP contribution in [0.3, 0.4) is 0 Å². The number of fused-ring (bicyclic) bond motifs is 1. The summed E-state index contributed by atoms with van der Waals surface area (Å²) in [7, 11) is 1.57. The minimum Gasteiger partial charge on any atom is -0.479 e. The minimum absolute atomic E-state index is 0.0329. The second-order valence-electron chi connectivity index (χ2n) is 8.71. The lowest BCUT2D eigenvalue weighted by Gasteiger charge is -2.26. The van der Waals surface area contributed by atoms with Gasteiger partial charge in [-0.05, 0) is 56.0 Å². The predicted octanol–water partition coefficient (Wildman–Crippen LogP) is 5.29. The fourth-order valence-electron chi connectivity index (χ4n) is 4.49. The summed E-state index contributed by atoms with van der Waals surface area (Å²) < 4.78 is 48.2. The Morgan fingerprint density at radius 2 is 2.03 bits per heavy atom. The summed E-state index contributed by atoms with van der Waals surface area (Å²) in [6.07, 6.45) is 9.25. The number of ether oxygens (including phenoxy) is 1. The topological polar surface area (TPSA) is 70.7 Å². The third-order valence-electron chi connectivity index (χ3n) is 6.29. The molecule has 0 amide bonds. The van der Waals surface area contributed by atoms with Crippen LogP contribution >= 0.6 is 0 Å². The molecule has 0 saturated heterocycles. The van der Waals surface area contributed by atoms with Crippen LogP contribution in [0.5, 0.6) is 5.88 Å². The van der Waals surface area contributed by atoms with Gasteiger partial charge in [-0.1, -0.05) is 18.2 Å². The highest BCUT2D eigenvalue weighted by molar-refractivity contribution is 5.65. The van der Waals surface area contributed by atoms with E-state index >= 15 is 0 Å². The molecule has 1 aliphatic heterocycles. The van der Waals surface area contributed by atoms with Crippen molar-refractivity contribution in [2.75, 3.05) is 7.11 Å². The molecule has 0 N–H and O–H groups in total. The van der Waals surface area contributed by atoms with Crippen molar-refractivity contribution >= 4 is 12.2 Å². The van der Waals surface area contributed by atoms with Crippen LogP contribution in [-0.4, -0.2) is 42.6 Å². The molecule has 0 fully saturated rings. The van der Waals surface area contributed by atoms with E-state index in [-0.39, 0.29) is 12.3 Å². The molecule has 4 heterocycles. The normalized spacial score (nSPS) is 20.2. The SMILES string of the molecule is COc1nc(/C=C/c2nc3n(n2)CCC[C@H]3C2=CCC(C(F)(F)F)C=C2)ccc1-n1cnc(C)c1. The van der Waals surface area contributed by atoms with Crippen molar-refractivity contribution in [3.63, 3.8) is 0 Å². The van der Waals surface area contributed by atoms with Gasteiger partial charge in [0.25, 0.3) is 0 Å². The Bertz CT molecular complexity index is 1320. The van der Waals surface area contributed by atoms with Crippen molar-refractivity contribution < 1.29 is 17.9 Å². The van der Waals surface area contributed by atoms with Gasteiger partial charge in [0.05, 0.1) is 30.7 Å². The van der Waals surface area contributed by atoms with E-state index in [1.165, 1.54) is 6.08 Å². The van der Waals surface area contributed by atoms with E-state index in [9.17, 15) is 13.2 Å². The third-order valence-corrected chi connectivity index (χ3v) is 6.29. The molecular weight excluding hydrogens is 457 g/mol. The maximum absolute atomic E-state index is 13.0. The highest BCUT2D eigenvalue weighted by atomic mass is 19.4. The van der Waals surface area contributed by atoms with E-state index in [4.69, 9.17) is 9.72 Å². The van der Waals surface area contributed by atoms with Crippen LogP contribution in [0.25, 0.3) is 17.8 Å². The van der Waals surface area contributed by atoms with E-state index in [1.54, 1.807) is 31.7 Å². The number of hydrogen-bond acceptors (Lipinski definition) is 5. The molecule has 0 radical (unpaired) electrons. The molecule has 0 spiro atoms. The molecule has 0 bridgehead atoms. The maximum Gasteiger partial charge on any atom is 0.395 e. The minimum atomic E-state index is -4.21. The number of pyridine rings is 1. The number of imidazole rings is 1. The zero-order chi connectivity index (χ0) is 24.6. The van der Waals surface area contributed by atoms with Crippen molar-refractivity contribution in [1.29, 1.82) is 0 Å². The summed E-state index contributed by atoms with van der Waals surface area (Å²) >= 11 is 0. The molecular formula is C25H25F3N6O. The van der Waals surface area contributed by atoms with Gasteiger partial charge in [-0.15, -0.1) is 0 Å². The van der Waals surface area contributed by atoms with Crippen LogP contribution in [0.1, 0.15) is 48.2 Å². The standard InChI is InChI=1S/C25H25F3N6O/c1-16-14-33(15-29-16)21-11-9-19(30-24(21)35-2)10-12-22-31-23-20(4-3-13-34(23)32-22)17-5-7-18(8-6-17)25(26,27)28/h5-7,9-12,14-15,18,20H,3-4,8,13H2,1-2H3/b12-10+/t18?,20-/m0/s1. The molecule has 0 saturated carbocycles. The van der Waals surface area contributed by atoms with E-state index < -0.39 is 12.1 Å². The zero-order valence-corrected chi connectivity index (χ0v) is 19.4. The van der Waals surface area contributed by atoms with Gasteiger partial charge in [0.15, 0.2) is 5.82 Å². The Labute approximate surface area is 200 Å². The number of rotatable bonds is 5. The van der Waals surface area contributed by atoms with Crippen LogP contribution in [-0.2, 0) is 6.54 Å². The van der Waals surface area contributed by atoms with Gasteiger partial charge >= 0.3 is 6.18 Å². The van der Waals surface area contributed by atoms with E-state index in [1.807, 2.05) is 40.6 Å². The Hall–Kier alpha value is -3.69. The Morgan fingerprint density at radius 3 is 2.71 bits per heavy atom. The van der Waals surface area contributed by atoms with Crippen LogP contribution < -0.4 is 4.74 Å². The summed E-state index contributed by atoms with van der Waals surface area (Å²) in [5.41, 5.74) is 3.24.